The highest BCUT2D eigenvalue weighted by Gasteiger charge is 2.23. The Hall–Kier alpha value is -2.44. The Labute approximate surface area is 176 Å². The van der Waals surface area contributed by atoms with Crippen molar-refractivity contribution in [1.29, 1.82) is 0 Å². The Morgan fingerprint density at radius 2 is 1.83 bits per heavy atom. The molecule has 0 saturated carbocycles. The molecule has 2 aromatic carbocycles. The molecule has 6 heteroatoms. The van der Waals surface area contributed by atoms with Crippen LogP contribution in [0.3, 0.4) is 0 Å². The first kappa shape index (κ1) is 21.3. The summed E-state index contributed by atoms with van der Waals surface area (Å²) in [7, 11) is 5.81. The maximum Gasteiger partial charge on any atom is 0.260 e. The maximum absolute atomic E-state index is 13.4. The van der Waals surface area contributed by atoms with E-state index in [2.05, 4.69) is 34.9 Å². The van der Waals surface area contributed by atoms with Crippen molar-refractivity contribution in [3.63, 3.8) is 0 Å². The van der Waals surface area contributed by atoms with Gasteiger partial charge in [0.05, 0.1) is 39.0 Å². The van der Waals surface area contributed by atoms with Crippen molar-refractivity contribution >= 4 is 32.6 Å². The quantitative estimate of drug-likeness (QED) is 0.675. The van der Waals surface area contributed by atoms with Gasteiger partial charge in [-0.1, -0.05) is 50.3 Å². The van der Waals surface area contributed by atoms with Gasteiger partial charge in [-0.25, -0.2) is 4.98 Å². The number of likely N-dealkylation sites (N-methyl/N-ethyl adjacent to an activating group) is 1. The Bertz CT molecular complexity index is 988. The highest BCUT2D eigenvalue weighted by molar-refractivity contribution is 7.22. The number of quaternary nitrogens is 1. The molecule has 1 N–H and O–H groups in total. The number of thiazole rings is 1. The lowest BCUT2D eigenvalue weighted by Gasteiger charge is -2.22. The number of rotatable bonds is 6. The molecule has 0 bridgehead atoms. The maximum atomic E-state index is 13.4. The number of carbonyl (C=O) groups excluding carboxylic acids is 1. The summed E-state index contributed by atoms with van der Waals surface area (Å²) in [5.74, 6) is 0.704. The van der Waals surface area contributed by atoms with Crippen LogP contribution in [0, 0.1) is 0 Å². The van der Waals surface area contributed by atoms with Gasteiger partial charge >= 0.3 is 0 Å². The number of aromatic nitrogens is 1. The molecule has 3 aromatic rings. The van der Waals surface area contributed by atoms with Crippen LogP contribution >= 0.6 is 11.3 Å². The Kier molecular flexibility index (Phi) is 6.24. The minimum Gasteiger partial charge on any atom is -0.494 e. The summed E-state index contributed by atoms with van der Waals surface area (Å²) in [6, 6.07) is 13.8. The zero-order chi connectivity index (χ0) is 21.2. The third-order valence-electron chi connectivity index (χ3n) is 4.90. The molecule has 0 aliphatic rings. The van der Waals surface area contributed by atoms with Gasteiger partial charge in [0.2, 0.25) is 0 Å². The van der Waals surface area contributed by atoms with E-state index >= 15 is 0 Å². The first-order chi connectivity index (χ1) is 13.7. The van der Waals surface area contributed by atoms with Crippen molar-refractivity contribution in [2.75, 3.05) is 39.2 Å². The Morgan fingerprint density at radius 3 is 2.41 bits per heavy atom. The van der Waals surface area contributed by atoms with Gasteiger partial charge in [0.15, 0.2) is 5.13 Å². The Morgan fingerprint density at radius 1 is 1.14 bits per heavy atom. The van der Waals surface area contributed by atoms with Gasteiger partial charge in [0.25, 0.3) is 5.91 Å². The van der Waals surface area contributed by atoms with Crippen LogP contribution in [0.15, 0.2) is 42.5 Å². The van der Waals surface area contributed by atoms with Gasteiger partial charge in [-0.3, -0.25) is 9.69 Å². The minimum absolute atomic E-state index is 0.0234. The molecule has 1 aromatic heterocycles. The molecular weight excluding hydrogens is 382 g/mol. The summed E-state index contributed by atoms with van der Waals surface area (Å²) >= 11 is 1.52. The average molecular weight is 413 g/mol. The van der Waals surface area contributed by atoms with Crippen molar-refractivity contribution in [1.82, 2.24) is 4.98 Å². The fourth-order valence-electron chi connectivity index (χ4n) is 3.08. The zero-order valence-electron chi connectivity index (χ0n) is 18.1. The summed E-state index contributed by atoms with van der Waals surface area (Å²) in [6.45, 7) is 7.95. The van der Waals surface area contributed by atoms with Crippen molar-refractivity contribution in [2.24, 2.45) is 0 Å². The average Bonchev–Trinajstić information content (AvgIpc) is 3.11. The number of carbonyl (C=O) groups is 1. The smallest absolute Gasteiger partial charge is 0.260 e. The second-order valence-corrected chi connectivity index (χ2v) is 9.55. The number of hydrogen-bond donors (Lipinski definition) is 1. The van der Waals surface area contributed by atoms with Crippen LogP contribution < -0.4 is 14.5 Å². The van der Waals surface area contributed by atoms with E-state index < -0.39 is 0 Å². The molecule has 1 amide bonds. The normalized spacial score (nSPS) is 11.8. The van der Waals surface area contributed by atoms with Gasteiger partial charge in [0.1, 0.15) is 11.3 Å². The fraction of sp³-hybridized carbons (Fsp3) is 0.391. The molecule has 0 aliphatic carbocycles. The number of amides is 1. The van der Waals surface area contributed by atoms with Gasteiger partial charge < -0.3 is 9.64 Å². The highest BCUT2D eigenvalue weighted by Crippen LogP contribution is 2.34. The molecule has 0 radical (unpaired) electrons. The van der Waals surface area contributed by atoms with Gasteiger partial charge in [-0.05, 0) is 35.2 Å². The molecule has 0 saturated heterocycles. The number of hydrogen-bond acceptors (Lipinski definition) is 4. The zero-order valence-corrected chi connectivity index (χ0v) is 18.9. The second kappa shape index (κ2) is 8.51. The van der Waals surface area contributed by atoms with Crippen LogP contribution in [0.1, 0.15) is 36.7 Å². The van der Waals surface area contributed by atoms with Gasteiger partial charge in [-0.15, -0.1) is 0 Å². The summed E-state index contributed by atoms with van der Waals surface area (Å²) in [4.78, 5) is 21.2. The highest BCUT2D eigenvalue weighted by atomic mass is 32.1. The van der Waals surface area contributed by atoms with Crippen LogP contribution in [0.4, 0.5) is 5.13 Å². The summed E-state index contributed by atoms with van der Waals surface area (Å²) < 4.78 is 6.46. The predicted octanol–water partition coefficient (Wildman–Crippen LogP) is 3.39. The van der Waals surface area contributed by atoms with Crippen LogP contribution in [0.25, 0.3) is 10.2 Å². The molecule has 0 aliphatic heterocycles. The standard InChI is InChI=1S/C23H29N3O2S/c1-23(2,3)17-12-10-16(11-13-17)21(27)26(15-14-25(4)5)22-24-20-18(28-6)8-7-9-19(20)29-22/h7-13H,14-15H2,1-6H3/p+1. The van der Waals surface area contributed by atoms with E-state index in [1.807, 2.05) is 42.5 Å². The van der Waals surface area contributed by atoms with Crippen molar-refractivity contribution in [3.05, 3.63) is 53.6 Å². The molecule has 0 unspecified atom stereocenters. The van der Waals surface area contributed by atoms with Gasteiger partial charge in [0, 0.05) is 5.56 Å². The predicted molar refractivity (Wildman–Crippen MR) is 121 cm³/mol. The third kappa shape index (κ3) is 4.77. The summed E-state index contributed by atoms with van der Waals surface area (Å²) in [5.41, 5.74) is 2.74. The third-order valence-corrected chi connectivity index (χ3v) is 5.94. The number of methoxy groups -OCH3 is 1. The molecule has 0 spiro atoms. The first-order valence-corrected chi connectivity index (χ1v) is 10.7. The topological polar surface area (TPSA) is 46.9 Å². The first-order valence-electron chi connectivity index (χ1n) is 9.85. The molecule has 5 nitrogen and oxygen atoms in total. The number of para-hydroxylation sites is 1. The monoisotopic (exact) mass is 412 g/mol. The number of fused-ring (bicyclic) bond motifs is 1. The molecule has 154 valence electrons. The number of nitrogens with one attached hydrogen (secondary N) is 1. The number of anilines is 1. The van der Waals surface area contributed by atoms with Crippen LogP contribution in [0.2, 0.25) is 0 Å². The van der Waals surface area contributed by atoms with E-state index in [9.17, 15) is 4.79 Å². The largest absolute Gasteiger partial charge is 0.494 e. The molecule has 29 heavy (non-hydrogen) atoms. The van der Waals surface area contributed by atoms with E-state index in [-0.39, 0.29) is 11.3 Å². The fourth-order valence-corrected chi connectivity index (χ4v) is 4.09. The Balaban J connectivity index is 1.97. The minimum atomic E-state index is -0.0234. The van der Waals surface area contributed by atoms with E-state index in [4.69, 9.17) is 9.72 Å². The van der Waals surface area contributed by atoms with E-state index in [0.717, 1.165) is 22.5 Å². The molecule has 3 rings (SSSR count). The SMILES string of the molecule is COc1cccc2sc(N(CC[NH+](C)C)C(=O)c3ccc(C(C)(C)C)cc3)nc12. The van der Waals surface area contributed by atoms with Crippen LogP contribution in [0.5, 0.6) is 5.75 Å². The lowest BCUT2D eigenvalue weighted by Crippen LogP contribution is -3.06. The van der Waals surface area contributed by atoms with Crippen LogP contribution in [-0.4, -0.2) is 45.2 Å². The van der Waals surface area contributed by atoms with Crippen molar-refractivity contribution in [3.8, 4) is 5.75 Å². The van der Waals surface area contributed by atoms with E-state index in [1.54, 1.807) is 12.0 Å². The van der Waals surface area contributed by atoms with E-state index in [1.165, 1.54) is 21.8 Å². The second-order valence-electron chi connectivity index (χ2n) is 8.54. The number of ether oxygens (including phenoxy) is 1. The summed E-state index contributed by atoms with van der Waals surface area (Å²) in [5, 5.41) is 0.704. The van der Waals surface area contributed by atoms with Gasteiger partial charge in [-0.2, -0.15) is 0 Å². The molecule has 0 fully saturated rings. The van der Waals surface area contributed by atoms with Crippen LogP contribution in [-0.2, 0) is 5.41 Å². The molecular formula is C23H30N3O2S+. The summed E-state index contributed by atoms with van der Waals surface area (Å²) in [6.07, 6.45) is 0. The lowest BCUT2D eigenvalue weighted by molar-refractivity contribution is -0.856. The number of nitrogens with zero attached hydrogens (tertiary/aromatic N) is 2. The molecule has 1 heterocycles. The van der Waals surface area contributed by atoms with Crippen molar-refractivity contribution in [2.45, 2.75) is 26.2 Å². The number of benzene rings is 2. The molecule has 0 atom stereocenters. The lowest BCUT2D eigenvalue weighted by atomic mass is 9.86. The van der Waals surface area contributed by atoms with E-state index in [0.29, 0.717) is 17.2 Å². The van der Waals surface area contributed by atoms with Crippen molar-refractivity contribution < 1.29 is 14.4 Å².